The van der Waals surface area contributed by atoms with Crippen molar-refractivity contribution >= 4 is 10.0 Å². The molecule has 0 aliphatic heterocycles. The first-order valence-corrected chi connectivity index (χ1v) is 7.48. The third-order valence-electron chi connectivity index (χ3n) is 2.52. The second kappa shape index (κ2) is 5.62. The molecule has 1 rings (SSSR count). The third-order valence-corrected chi connectivity index (χ3v) is 3.18. The molecule has 1 aromatic carbocycles. The molecule has 0 aliphatic carbocycles. The quantitative estimate of drug-likeness (QED) is 0.834. The van der Waals surface area contributed by atoms with Crippen LogP contribution < -0.4 is 10.5 Å². The average molecular weight is 256 g/mol. The molecule has 1 aromatic rings. The predicted molar refractivity (Wildman–Crippen MR) is 70.1 cm³/mol. The van der Waals surface area contributed by atoms with Crippen LogP contribution in [-0.2, 0) is 23.1 Å². The standard InChI is InChI=1S/C12H20N2O2S/c1-9(2)12-5-10(7-13)4-11(6-12)8-14-17(3,15)16/h4-6,9,14H,7-8,13H2,1-3H3. The van der Waals surface area contributed by atoms with Gasteiger partial charge in [-0.1, -0.05) is 32.0 Å². The van der Waals surface area contributed by atoms with Gasteiger partial charge in [-0.15, -0.1) is 0 Å². The van der Waals surface area contributed by atoms with Gasteiger partial charge in [-0.25, -0.2) is 13.1 Å². The van der Waals surface area contributed by atoms with Gasteiger partial charge in [0.1, 0.15) is 0 Å². The van der Waals surface area contributed by atoms with Crippen molar-refractivity contribution in [3.63, 3.8) is 0 Å². The first-order valence-electron chi connectivity index (χ1n) is 5.59. The van der Waals surface area contributed by atoms with Crippen LogP contribution in [0.3, 0.4) is 0 Å². The molecular formula is C12H20N2O2S. The van der Waals surface area contributed by atoms with E-state index in [2.05, 4.69) is 24.6 Å². The van der Waals surface area contributed by atoms with Crippen molar-refractivity contribution < 1.29 is 8.42 Å². The summed E-state index contributed by atoms with van der Waals surface area (Å²) in [6, 6.07) is 6.01. The SMILES string of the molecule is CC(C)c1cc(CN)cc(CNS(C)(=O)=O)c1. The lowest BCUT2D eigenvalue weighted by Crippen LogP contribution is -2.21. The Kier molecular flexibility index (Phi) is 4.68. The van der Waals surface area contributed by atoms with Gasteiger partial charge in [-0.2, -0.15) is 0 Å². The first-order chi connectivity index (χ1) is 7.81. The van der Waals surface area contributed by atoms with E-state index in [9.17, 15) is 8.42 Å². The summed E-state index contributed by atoms with van der Waals surface area (Å²) in [5.41, 5.74) is 8.79. The van der Waals surface area contributed by atoms with Gasteiger partial charge in [-0.3, -0.25) is 0 Å². The molecule has 4 nitrogen and oxygen atoms in total. The molecule has 0 atom stereocenters. The Hall–Kier alpha value is -0.910. The topological polar surface area (TPSA) is 72.2 Å². The highest BCUT2D eigenvalue weighted by Crippen LogP contribution is 2.18. The number of nitrogens with one attached hydrogen (secondary N) is 1. The Bertz CT molecular complexity index is 481. The maximum atomic E-state index is 11.0. The molecule has 5 heteroatoms. The van der Waals surface area contributed by atoms with E-state index < -0.39 is 10.0 Å². The maximum absolute atomic E-state index is 11.0. The number of nitrogens with two attached hydrogens (primary N) is 1. The normalized spacial score (nSPS) is 12.1. The lowest BCUT2D eigenvalue weighted by atomic mass is 9.98. The van der Waals surface area contributed by atoms with Crippen LogP contribution in [0.1, 0.15) is 36.5 Å². The minimum Gasteiger partial charge on any atom is -0.326 e. The van der Waals surface area contributed by atoms with Crippen LogP contribution in [0, 0.1) is 0 Å². The molecule has 17 heavy (non-hydrogen) atoms. The van der Waals surface area contributed by atoms with Crippen LogP contribution in [0.5, 0.6) is 0 Å². The van der Waals surface area contributed by atoms with Gasteiger partial charge in [0.2, 0.25) is 10.0 Å². The molecule has 0 saturated carbocycles. The van der Waals surface area contributed by atoms with Crippen molar-refractivity contribution in [2.24, 2.45) is 5.73 Å². The Morgan fingerprint density at radius 2 is 1.82 bits per heavy atom. The summed E-state index contributed by atoms with van der Waals surface area (Å²) in [4.78, 5) is 0. The molecule has 0 aliphatic rings. The first kappa shape index (κ1) is 14.2. The smallest absolute Gasteiger partial charge is 0.209 e. The van der Waals surface area contributed by atoms with Crippen molar-refractivity contribution in [2.75, 3.05) is 6.26 Å². The third kappa shape index (κ3) is 4.85. The van der Waals surface area contributed by atoms with E-state index in [1.165, 1.54) is 5.56 Å². The molecule has 0 unspecified atom stereocenters. The number of hydrogen-bond acceptors (Lipinski definition) is 3. The minimum absolute atomic E-state index is 0.312. The zero-order valence-electron chi connectivity index (χ0n) is 10.5. The summed E-state index contributed by atoms with van der Waals surface area (Å²) in [5.74, 6) is 0.401. The van der Waals surface area contributed by atoms with Crippen LogP contribution >= 0.6 is 0 Å². The van der Waals surface area contributed by atoms with E-state index in [-0.39, 0.29) is 0 Å². The summed E-state index contributed by atoms with van der Waals surface area (Å²) < 4.78 is 24.6. The molecule has 0 aromatic heterocycles. The highest BCUT2D eigenvalue weighted by Gasteiger charge is 2.06. The van der Waals surface area contributed by atoms with Gasteiger partial charge < -0.3 is 5.73 Å². The minimum atomic E-state index is -3.16. The fourth-order valence-electron chi connectivity index (χ4n) is 1.56. The Morgan fingerprint density at radius 3 is 2.29 bits per heavy atom. The molecular weight excluding hydrogens is 236 g/mol. The summed E-state index contributed by atoms with van der Waals surface area (Å²) in [6.45, 7) is 4.98. The average Bonchev–Trinajstić information content (AvgIpc) is 2.25. The molecule has 0 saturated heterocycles. The monoisotopic (exact) mass is 256 g/mol. The van der Waals surface area contributed by atoms with E-state index in [1.807, 2.05) is 12.1 Å². The number of hydrogen-bond donors (Lipinski definition) is 2. The molecule has 0 heterocycles. The highest BCUT2D eigenvalue weighted by atomic mass is 32.2. The molecule has 96 valence electrons. The highest BCUT2D eigenvalue weighted by molar-refractivity contribution is 7.88. The Morgan fingerprint density at radius 1 is 1.24 bits per heavy atom. The largest absolute Gasteiger partial charge is 0.326 e. The molecule has 0 amide bonds. The molecule has 3 N–H and O–H groups in total. The van der Waals surface area contributed by atoms with Gasteiger partial charge in [-0.05, 0) is 22.6 Å². The number of sulfonamides is 1. The molecule has 0 radical (unpaired) electrons. The van der Waals surface area contributed by atoms with Crippen LogP contribution in [-0.4, -0.2) is 14.7 Å². The fraction of sp³-hybridized carbons (Fsp3) is 0.500. The second-order valence-electron chi connectivity index (χ2n) is 4.53. The van der Waals surface area contributed by atoms with Gasteiger partial charge in [0, 0.05) is 13.1 Å². The molecule has 0 bridgehead atoms. The Balaban J connectivity index is 2.95. The summed E-state index contributed by atoms with van der Waals surface area (Å²) in [6.07, 6.45) is 1.16. The number of rotatable bonds is 5. The van der Waals surface area contributed by atoms with Crippen molar-refractivity contribution in [1.29, 1.82) is 0 Å². The van der Waals surface area contributed by atoms with Crippen LogP contribution in [0.2, 0.25) is 0 Å². The fourth-order valence-corrected chi connectivity index (χ4v) is 1.99. The Labute approximate surface area is 103 Å². The van der Waals surface area contributed by atoms with E-state index in [0.29, 0.717) is 19.0 Å². The summed E-state index contributed by atoms with van der Waals surface area (Å²) in [5, 5.41) is 0. The van der Waals surface area contributed by atoms with E-state index in [0.717, 1.165) is 17.4 Å². The van der Waals surface area contributed by atoms with Crippen LogP contribution in [0.25, 0.3) is 0 Å². The lowest BCUT2D eigenvalue weighted by molar-refractivity contribution is 0.587. The number of benzene rings is 1. The van der Waals surface area contributed by atoms with E-state index >= 15 is 0 Å². The second-order valence-corrected chi connectivity index (χ2v) is 6.37. The summed E-state index contributed by atoms with van der Waals surface area (Å²) in [7, 11) is -3.16. The van der Waals surface area contributed by atoms with Crippen molar-refractivity contribution in [3.05, 3.63) is 34.9 Å². The zero-order chi connectivity index (χ0) is 13.1. The van der Waals surface area contributed by atoms with Gasteiger partial charge in [0.15, 0.2) is 0 Å². The van der Waals surface area contributed by atoms with Gasteiger partial charge in [0.25, 0.3) is 0 Å². The van der Waals surface area contributed by atoms with Crippen molar-refractivity contribution in [1.82, 2.24) is 4.72 Å². The van der Waals surface area contributed by atoms with Gasteiger partial charge >= 0.3 is 0 Å². The van der Waals surface area contributed by atoms with Gasteiger partial charge in [0.05, 0.1) is 6.26 Å². The zero-order valence-corrected chi connectivity index (χ0v) is 11.3. The molecule has 0 spiro atoms. The summed E-state index contributed by atoms with van der Waals surface area (Å²) >= 11 is 0. The van der Waals surface area contributed by atoms with Crippen LogP contribution in [0.4, 0.5) is 0 Å². The van der Waals surface area contributed by atoms with Crippen molar-refractivity contribution in [2.45, 2.75) is 32.9 Å². The van der Waals surface area contributed by atoms with Crippen LogP contribution in [0.15, 0.2) is 18.2 Å². The predicted octanol–water partition coefficient (Wildman–Crippen LogP) is 1.32. The van der Waals surface area contributed by atoms with Crippen molar-refractivity contribution in [3.8, 4) is 0 Å². The lowest BCUT2D eigenvalue weighted by Gasteiger charge is -2.11. The van der Waals surface area contributed by atoms with E-state index in [1.54, 1.807) is 0 Å². The van der Waals surface area contributed by atoms with E-state index in [4.69, 9.17) is 5.73 Å². The molecule has 0 fully saturated rings. The maximum Gasteiger partial charge on any atom is 0.209 e.